The molecule has 0 radical (unpaired) electrons. The summed E-state index contributed by atoms with van der Waals surface area (Å²) in [5, 5.41) is 2.41. The van der Waals surface area contributed by atoms with Gasteiger partial charge in [-0.2, -0.15) is 0 Å². The molecule has 0 unspecified atom stereocenters. The second-order valence-electron chi connectivity index (χ2n) is 10.6. The number of para-hydroxylation sites is 2. The summed E-state index contributed by atoms with van der Waals surface area (Å²) in [6.45, 7) is 0. The van der Waals surface area contributed by atoms with Crippen LogP contribution in [0.15, 0.2) is 164 Å². The van der Waals surface area contributed by atoms with Crippen molar-refractivity contribution in [1.82, 2.24) is 0 Å². The zero-order chi connectivity index (χ0) is 28.6. The maximum Gasteiger partial charge on any atom is 0.170 e. The van der Waals surface area contributed by atoms with Crippen LogP contribution in [0.3, 0.4) is 0 Å². The fourth-order valence-corrected chi connectivity index (χ4v) is 5.77. The summed E-state index contributed by atoms with van der Waals surface area (Å²) in [5.41, 5.74) is 7.89. The van der Waals surface area contributed by atoms with Crippen molar-refractivity contribution in [3.8, 4) is 45.3 Å². The number of anilines is 3. The van der Waals surface area contributed by atoms with E-state index >= 15 is 0 Å². The molecule has 1 heterocycles. The first-order chi connectivity index (χ1) is 21.3. The van der Waals surface area contributed by atoms with E-state index in [1.807, 2.05) is 42.5 Å². The van der Waals surface area contributed by atoms with Gasteiger partial charge in [0.1, 0.15) is 0 Å². The first-order valence-electron chi connectivity index (χ1n) is 14.4. The molecule has 0 N–H and O–H groups in total. The normalized spacial score (nSPS) is 11.6. The Morgan fingerprint density at radius 3 is 1.58 bits per heavy atom. The molecule has 1 aliphatic heterocycles. The largest absolute Gasteiger partial charge is 0.450 e. The van der Waals surface area contributed by atoms with E-state index in [1.54, 1.807) is 0 Å². The molecule has 7 aromatic carbocycles. The van der Waals surface area contributed by atoms with Crippen molar-refractivity contribution in [2.75, 3.05) is 4.90 Å². The van der Waals surface area contributed by atoms with Gasteiger partial charge in [0, 0.05) is 16.8 Å². The smallest absolute Gasteiger partial charge is 0.170 e. The minimum atomic E-state index is 0.719. The Morgan fingerprint density at radius 2 is 0.860 bits per heavy atom. The van der Waals surface area contributed by atoms with Crippen LogP contribution in [-0.2, 0) is 0 Å². The molecule has 43 heavy (non-hydrogen) atoms. The average Bonchev–Trinajstić information content (AvgIpc) is 3.08. The van der Waals surface area contributed by atoms with E-state index in [-0.39, 0.29) is 0 Å². The number of rotatable bonds is 5. The Hall–Kier alpha value is -5.80. The second kappa shape index (κ2) is 10.6. The van der Waals surface area contributed by atoms with E-state index in [0.29, 0.717) is 0 Å². The molecule has 0 atom stereocenters. The summed E-state index contributed by atoms with van der Waals surface area (Å²) in [7, 11) is 0. The Kier molecular flexibility index (Phi) is 6.12. The zero-order valence-corrected chi connectivity index (χ0v) is 23.4. The van der Waals surface area contributed by atoms with Crippen molar-refractivity contribution in [3.63, 3.8) is 0 Å². The molecule has 1 aliphatic rings. The third-order valence-electron chi connectivity index (χ3n) is 7.93. The van der Waals surface area contributed by atoms with Crippen LogP contribution >= 0.6 is 0 Å². The van der Waals surface area contributed by atoms with Gasteiger partial charge in [-0.25, -0.2) is 0 Å². The SMILES string of the molecule is c1ccc(-c2ccc(N(c3ccc(-c4ccc5c(c4)Oc4ccccc4O5)cc3)c3cccc4ccccc34)cc2)cc1. The molecule has 3 heteroatoms. The highest BCUT2D eigenvalue weighted by atomic mass is 16.6. The fraction of sp³-hybridized carbons (Fsp3) is 0. The minimum absolute atomic E-state index is 0.719. The Labute approximate surface area is 250 Å². The lowest BCUT2D eigenvalue weighted by atomic mass is 10.0. The molecule has 0 saturated heterocycles. The number of hydrogen-bond acceptors (Lipinski definition) is 3. The average molecular weight is 554 g/mol. The van der Waals surface area contributed by atoms with E-state index in [1.165, 1.54) is 21.9 Å². The van der Waals surface area contributed by atoms with Crippen LogP contribution in [0.25, 0.3) is 33.0 Å². The maximum atomic E-state index is 6.17. The number of benzene rings is 7. The van der Waals surface area contributed by atoms with Crippen molar-refractivity contribution < 1.29 is 9.47 Å². The van der Waals surface area contributed by atoms with Gasteiger partial charge in [0.15, 0.2) is 23.0 Å². The zero-order valence-electron chi connectivity index (χ0n) is 23.4. The lowest BCUT2D eigenvalue weighted by molar-refractivity contribution is 0.360. The highest BCUT2D eigenvalue weighted by Crippen LogP contribution is 2.46. The molecule has 0 aromatic heterocycles. The molecule has 0 fully saturated rings. The van der Waals surface area contributed by atoms with Gasteiger partial charge in [-0.1, -0.05) is 109 Å². The highest BCUT2D eigenvalue weighted by Gasteiger charge is 2.19. The lowest BCUT2D eigenvalue weighted by Gasteiger charge is -2.27. The predicted molar refractivity (Wildman–Crippen MR) is 176 cm³/mol. The van der Waals surface area contributed by atoms with E-state index in [2.05, 4.69) is 126 Å². The van der Waals surface area contributed by atoms with Crippen LogP contribution in [0, 0.1) is 0 Å². The fourth-order valence-electron chi connectivity index (χ4n) is 5.77. The van der Waals surface area contributed by atoms with E-state index in [0.717, 1.165) is 51.2 Å². The van der Waals surface area contributed by atoms with Gasteiger partial charge in [0.25, 0.3) is 0 Å². The Morgan fingerprint density at radius 1 is 0.349 bits per heavy atom. The number of hydrogen-bond donors (Lipinski definition) is 0. The maximum absolute atomic E-state index is 6.17. The number of ether oxygens (including phenoxy) is 2. The number of fused-ring (bicyclic) bond motifs is 3. The molecule has 8 rings (SSSR count). The monoisotopic (exact) mass is 553 g/mol. The molecule has 0 spiro atoms. The van der Waals surface area contributed by atoms with Crippen LogP contribution in [0.4, 0.5) is 17.1 Å². The molecule has 3 nitrogen and oxygen atoms in total. The molecule has 0 bridgehead atoms. The second-order valence-corrected chi connectivity index (χ2v) is 10.6. The van der Waals surface area contributed by atoms with Crippen LogP contribution < -0.4 is 14.4 Å². The van der Waals surface area contributed by atoms with Gasteiger partial charge in [-0.05, 0) is 82.2 Å². The summed E-state index contributed by atoms with van der Waals surface area (Å²) in [5.74, 6) is 2.90. The van der Waals surface area contributed by atoms with E-state index in [9.17, 15) is 0 Å². The lowest BCUT2D eigenvalue weighted by Crippen LogP contribution is -2.10. The molecular formula is C40H27NO2. The Balaban J connectivity index is 1.18. The topological polar surface area (TPSA) is 21.7 Å². The van der Waals surface area contributed by atoms with Crippen LogP contribution in [0.5, 0.6) is 23.0 Å². The molecular weight excluding hydrogens is 526 g/mol. The standard InChI is InChI=1S/C40H27NO2/c1-2-9-28(10-3-1)29-17-22-33(23-18-29)41(36-14-8-12-31-11-4-5-13-35(31)36)34-24-19-30(20-25-34)32-21-26-39-40(27-32)43-38-16-7-6-15-37(38)42-39/h1-27H. The van der Waals surface area contributed by atoms with Gasteiger partial charge in [-0.3, -0.25) is 0 Å². The molecule has 0 aliphatic carbocycles. The highest BCUT2D eigenvalue weighted by molar-refractivity contribution is 5.99. The molecule has 0 amide bonds. The van der Waals surface area contributed by atoms with Crippen LogP contribution in [0.1, 0.15) is 0 Å². The molecule has 7 aromatic rings. The van der Waals surface area contributed by atoms with Gasteiger partial charge >= 0.3 is 0 Å². The minimum Gasteiger partial charge on any atom is -0.450 e. The van der Waals surface area contributed by atoms with Crippen LogP contribution in [0.2, 0.25) is 0 Å². The van der Waals surface area contributed by atoms with E-state index < -0.39 is 0 Å². The first kappa shape index (κ1) is 25.0. The first-order valence-corrected chi connectivity index (χ1v) is 14.4. The predicted octanol–water partition coefficient (Wildman–Crippen LogP) is 11.5. The summed E-state index contributed by atoms with van der Waals surface area (Å²) in [4.78, 5) is 2.33. The van der Waals surface area contributed by atoms with Gasteiger partial charge in [-0.15, -0.1) is 0 Å². The third kappa shape index (κ3) is 4.67. The van der Waals surface area contributed by atoms with Crippen molar-refractivity contribution in [1.29, 1.82) is 0 Å². The molecule has 0 saturated carbocycles. The summed E-state index contributed by atoms with van der Waals surface area (Å²) >= 11 is 0. The summed E-state index contributed by atoms with van der Waals surface area (Å²) < 4.78 is 12.2. The summed E-state index contributed by atoms with van der Waals surface area (Å²) in [6.07, 6.45) is 0. The van der Waals surface area contributed by atoms with Crippen molar-refractivity contribution in [3.05, 3.63) is 164 Å². The third-order valence-corrected chi connectivity index (χ3v) is 7.93. The van der Waals surface area contributed by atoms with Crippen molar-refractivity contribution in [2.45, 2.75) is 0 Å². The molecule has 204 valence electrons. The number of nitrogens with zero attached hydrogens (tertiary/aromatic N) is 1. The van der Waals surface area contributed by atoms with Gasteiger partial charge < -0.3 is 14.4 Å². The van der Waals surface area contributed by atoms with Gasteiger partial charge in [0.2, 0.25) is 0 Å². The van der Waals surface area contributed by atoms with Crippen molar-refractivity contribution >= 4 is 27.8 Å². The Bertz CT molecular complexity index is 2060. The summed E-state index contributed by atoms with van der Waals surface area (Å²) in [6, 6.07) is 56.9. The quantitative estimate of drug-likeness (QED) is 0.212. The van der Waals surface area contributed by atoms with Gasteiger partial charge in [0.05, 0.1) is 5.69 Å². The van der Waals surface area contributed by atoms with Crippen LogP contribution in [-0.4, -0.2) is 0 Å². The van der Waals surface area contributed by atoms with E-state index in [4.69, 9.17) is 9.47 Å². The van der Waals surface area contributed by atoms with Crippen molar-refractivity contribution in [2.24, 2.45) is 0 Å².